The molecular weight excluding hydrogens is 576 g/mol. The van der Waals surface area contributed by atoms with E-state index in [1.807, 2.05) is 6.07 Å². The van der Waals surface area contributed by atoms with Crippen molar-refractivity contribution in [2.24, 2.45) is 11.8 Å². The number of aryl methyl sites for hydroxylation is 1. The highest BCUT2D eigenvalue weighted by molar-refractivity contribution is 7.90. The summed E-state index contributed by atoms with van der Waals surface area (Å²) in [5.74, 6) is 0.320. The number of rotatable bonds is 1. The molecule has 0 aromatic heterocycles. The lowest BCUT2D eigenvalue weighted by Crippen LogP contribution is -2.49. The van der Waals surface area contributed by atoms with Gasteiger partial charge in [0.15, 0.2) is 0 Å². The molecule has 1 saturated carbocycles. The lowest BCUT2D eigenvalue weighted by Gasteiger charge is -2.45. The van der Waals surface area contributed by atoms with Crippen molar-refractivity contribution in [1.82, 2.24) is 4.72 Å². The summed E-state index contributed by atoms with van der Waals surface area (Å²) in [7, 11) is -2.59. The molecule has 2 N–H and O–H groups in total. The Labute approximate surface area is 253 Å². The Balaban J connectivity index is 1.42. The average molecular weight is 615 g/mol. The number of anilines is 1. The maximum Gasteiger partial charge on any atom is 0.264 e. The Morgan fingerprint density at radius 3 is 2.79 bits per heavy atom. The van der Waals surface area contributed by atoms with E-state index in [0.29, 0.717) is 31.9 Å². The lowest BCUT2D eigenvalue weighted by molar-refractivity contribution is 0.0452. The van der Waals surface area contributed by atoms with Gasteiger partial charge in [-0.05, 0) is 98.7 Å². The molecule has 1 amide bonds. The summed E-state index contributed by atoms with van der Waals surface area (Å²) < 4.78 is 40.7. The maximum atomic E-state index is 13.3. The van der Waals surface area contributed by atoms with Crippen molar-refractivity contribution in [3.05, 3.63) is 70.3 Å². The molecule has 2 heterocycles. The third kappa shape index (κ3) is 5.45. The van der Waals surface area contributed by atoms with Gasteiger partial charge in [0, 0.05) is 36.2 Å². The number of hydrogen-bond donors (Lipinski definition) is 2. The molecule has 6 rings (SSSR count). The number of aliphatic hydroxyl groups excluding tert-OH is 1. The zero-order chi connectivity index (χ0) is 29.6. The predicted molar refractivity (Wildman–Crippen MR) is 163 cm³/mol. The van der Waals surface area contributed by atoms with Gasteiger partial charge in [0.2, 0.25) is 10.0 Å². The number of halogens is 1. The summed E-state index contributed by atoms with van der Waals surface area (Å²) >= 11 is 6.38. The largest absolute Gasteiger partial charge is 0.490 e. The first kappa shape index (κ1) is 29.5. The van der Waals surface area contributed by atoms with Gasteiger partial charge in [-0.2, -0.15) is 0 Å². The van der Waals surface area contributed by atoms with Crippen LogP contribution in [0.25, 0.3) is 0 Å². The third-order valence-corrected chi connectivity index (χ3v) is 11.9. The molecule has 0 saturated heterocycles. The Hall–Kier alpha value is -2.59. The third-order valence-electron chi connectivity index (χ3n) is 9.92. The van der Waals surface area contributed by atoms with E-state index >= 15 is 0 Å². The monoisotopic (exact) mass is 614 g/mol. The first-order valence-electron chi connectivity index (χ1n) is 14.8. The van der Waals surface area contributed by atoms with Crippen LogP contribution in [-0.2, 0) is 26.6 Å². The molecular formula is C32H39ClN2O6S. The Morgan fingerprint density at radius 1 is 1.19 bits per heavy atom. The van der Waals surface area contributed by atoms with Gasteiger partial charge in [0.1, 0.15) is 11.0 Å². The highest BCUT2D eigenvalue weighted by Gasteiger charge is 2.44. The molecule has 2 aliphatic heterocycles. The number of nitrogens with zero attached hydrogens (tertiary/aromatic N) is 1. The number of benzene rings is 2. The summed E-state index contributed by atoms with van der Waals surface area (Å²) in [5, 5.41) is 10.9. The molecule has 1 spiro atoms. The molecule has 6 atom stereocenters. The van der Waals surface area contributed by atoms with Crippen LogP contribution in [0.5, 0.6) is 5.75 Å². The second-order valence-electron chi connectivity index (χ2n) is 12.4. The van der Waals surface area contributed by atoms with Gasteiger partial charge in [-0.25, -0.2) is 13.1 Å². The van der Waals surface area contributed by atoms with Gasteiger partial charge in [-0.15, -0.1) is 0 Å². The fourth-order valence-electron chi connectivity index (χ4n) is 7.26. The fraction of sp³-hybridized carbons (Fsp3) is 0.531. The Kier molecular flexibility index (Phi) is 8.06. The molecule has 4 aliphatic rings. The van der Waals surface area contributed by atoms with E-state index in [4.69, 9.17) is 21.1 Å². The van der Waals surface area contributed by atoms with Crippen LogP contribution in [-0.4, -0.2) is 63.7 Å². The van der Waals surface area contributed by atoms with Crippen LogP contribution in [0, 0.1) is 11.8 Å². The maximum absolute atomic E-state index is 13.3. The van der Waals surface area contributed by atoms with E-state index < -0.39 is 33.4 Å². The quantitative estimate of drug-likeness (QED) is 0.452. The Morgan fingerprint density at radius 2 is 2.02 bits per heavy atom. The summed E-state index contributed by atoms with van der Waals surface area (Å²) in [6.45, 7) is 3.39. The van der Waals surface area contributed by atoms with Gasteiger partial charge in [0.05, 0.1) is 24.5 Å². The summed E-state index contributed by atoms with van der Waals surface area (Å²) in [5.41, 5.74) is 3.23. The van der Waals surface area contributed by atoms with Crippen molar-refractivity contribution in [2.75, 3.05) is 31.7 Å². The molecule has 1 fully saturated rings. The number of methoxy groups -OCH3 is 1. The number of nitrogens with one attached hydrogen (secondary N) is 1. The number of carbonyl (C=O) groups is 1. The first-order valence-corrected chi connectivity index (χ1v) is 16.8. The molecule has 226 valence electrons. The number of sulfonamides is 1. The fourth-order valence-corrected chi connectivity index (χ4v) is 8.64. The first-order chi connectivity index (χ1) is 20.1. The van der Waals surface area contributed by atoms with E-state index in [2.05, 4.69) is 21.8 Å². The van der Waals surface area contributed by atoms with Crippen LogP contribution >= 0.6 is 11.6 Å². The van der Waals surface area contributed by atoms with E-state index in [9.17, 15) is 18.3 Å². The number of fused-ring (bicyclic) bond motifs is 4. The molecule has 2 bridgehead atoms. The summed E-state index contributed by atoms with van der Waals surface area (Å²) in [6, 6.07) is 11.3. The van der Waals surface area contributed by atoms with E-state index in [1.54, 1.807) is 30.4 Å². The van der Waals surface area contributed by atoms with Gasteiger partial charge < -0.3 is 19.5 Å². The molecule has 42 heavy (non-hydrogen) atoms. The van der Waals surface area contributed by atoms with Gasteiger partial charge in [-0.3, -0.25) is 4.79 Å². The van der Waals surface area contributed by atoms with Crippen molar-refractivity contribution in [2.45, 2.75) is 68.3 Å². The van der Waals surface area contributed by atoms with Crippen LogP contribution in [0.2, 0.25) is 5.02 Å². The minimum absolute atomic E-state index is 0.0869. The molecule has 0 unspecified atom stereocenters. The number of amides is 1. The second kappa shape index (κ2) is 11.5. The SMILES string of the molecule is CO[C@@H]1C/C=C/[C@H](O)[C@@H]2CC[C@H]2CN2C[C@@]3(CCCc4cc(Cl)ccc43)COc3ccc(cc32)C(=O)NS(=O)(=O)[C@H]1C. The highest BCUT2D eigenvalue weighted by atomic mass is 35.5. The van der Waals surface area contributed by atoms with Gasteiger partial charge in [0.25, 0.3) is 5.91 Å². The summed E-state index contributed by atoms with van der Waals surface area (Å²) in [6.07, 6.45) is 7.41. The smallest absolute Gasteiger partial charge is 0.264 e. The van der Waals surface area contributed by atoms with Crippen LogP contribution in [0.3, 0.4) is 0 Å². The van der Waals surface area contributed by atoms with Crippen molar-refractivity contribution >= 4 is 33.2 Å². The normalized spacial score (nSPS) is 33.3. The molecule has 10 heteroatoms. The van der Waals surface area contributed by atoms with Crippen molar-refractivity contribution in [1.29, 1.82) is 0 Å². The highest BCUT2D eigenvalue weighted by Crippen LogP contribution is 2.46. The zero-order valence-electron chi connectivity index (χ0n) is 24.1. The van der Waals surface area contributed by atoms with Crippen LogP contribution in [0.1, 0.15) is 60.5 Å². The van der Waals surface area contributed by atoms with Crippen molar-refractivity contribution < 1.29 is 27.8 Å². The van der Waals surface area contributed by atoms with Crippen molar-refractivity contribution in [3.63, 3.8) is 0 Å². The van der Waals surface area contributed by atoms with Gasteiger partial charge in [-0.1, -0.05) is 29.8 Å². The average Bonchev–Trinajstić information content (AvgIpc) is 3.09. The molecule has 8 nitrogen and oxygen atoms in total. The Bertz CT molecular complexity index is 1500. The van der Waals surface area contributed by atoms with Crippen molar-refractivity contribution in [3.8, 4) is 5.75 Å². The second-order valence-corrected chi connectivity index (χ2v) is 14.9. The van der Waals surface area contributed by atoms with E-state index in [1.165, 1.54) is 25.2 Å². The van der Waals surface area contributed by atoms with Crippen LogP contribution in [0.4, 0.5) is 5.69 Å². The standard InChI is InChI=1S/C32H39ClN2O6S/c1-20-29(40-2)7-3-6-28(36)25-11-8-23(25)17-35-18-32(14-4-5-21-15-24(33)10-12-26(21)32)19-41-30-13-9-22(16-27(30)35)31(37)34-42(20,38)39/h3,6,9-10,12-13,15-16,20,23,25,28-29,36H,4-5,7-8,11,14,17-19H2,1-2H3,(H,34,37)/b6-3+/t20-,23-,25+,28-,29+,32-/m0/s1. The topological polar surface area (TPSA) is 105 Å². The number of hydrogen-bond acceptors (Lipinski definition) is 7. The molecule has 2 aliphatic carbocycles. The van der Waals surface area contributed by atoms with Crippen LogP contribution in [0.15, 0.2) is 48.6 Å². The zero-order valence-corrected chi connectivity index (χ0v) is 25.7. The minimum atomic E-state index is -4.05. The molecule has 2 aromatic rings. The lowest BCUT2D eigenvalue weighted by atomic mass is 9.68. The van der Waals surface area contributed by atoms with E-state index in [-0.39, 0.29) is 22.8 Å². The minimum Gasteiger partial charge on any atom is -0.490 e. The summed E-state index contributed by atoms with van der Waals surface area (Å²) in [4.78, 5) is 15.7. The predicted octanol–water partition coefficient (Wildman–Crippen LogP) is 4.62. The molecule has 2 aromatic carbocycles. The van der Waals surface area contributed by atoms with E-state index in [0.717, 1.165) is 42.8 Å². The number of carbonyl (C=O) groups excluding carboxylic acids is 1. The molecule has 0 radical (unpaired) electrons. The number of aliphatic hydroxyl groups is 1. The number of ether oxygens (including phenoxy) is 2. The van der Waals surface area contributed by atoms with Gasteiger partial charge >= 0.3 is 0 Å². The van der Waals surface area contributed by atoms with Crippen LogP contribution < -0.4 is 14.4 Å².